The van der Waals surface area contributed by atoms with Crippen LogP contribution in [0, 0.1) is 5.92 Å². The monoisotopic (exact) mass is 179 g/mol. The number of imidazole rings is 1. The number of nitrogens with zero attached hydrogens (tertiary/aromatic N) is 1. The second-order valence-corrected chi connectivity index (χ2v) is 3.99. The molecular weight excluding hydrogens is 162 g/mol. The van der Waals surface area contributed by atoms with Crippen molar-refractivity contribution in [3.8, 4) is 0 Å². The van der Waals surface area contributed by atoms with Gasteiger partial charge in [0.25, 0.3) is 0 Å². The predicted molar refractivity (Wildman–Crippen MR) is 52.5 cm³/mol. The number of nitrogens with one attached hydrogen (secondary N) is 2. The van der Waals surface area contributed by atoms with E-state index in [1.165, 1.54) is 24.2 Å². The standard InChI is InChI=1S/C10H17N3/c1-7-3-4-8-9(5-7)13-10(12-8)6-11-2/h7,11H,3-6H2,1-2H3,(H,12,13). The van der Waals surface area contributed by atoms with Crippen LogP contribution in [0.4, 0.5) is 0 Å². The molecule has 1 aliphatic rings. The Morgan fingerprint density at radius 3 is 3.23 bits per heavy atom. The fourth-order valence-electron chi connectivity index (χ4n) is 1.97. The zero-order valence-electron chi connectivity index (χ0n) is 8.35. The molecule has 0 aromatic carbocycles. The number of aromatic nitrogens is 2. The van der Waals surface area contributed by atoms with Crippen LogP contribution in [-0.4, -0.2) is 17.0 Å². The average molecular weight is 179 g/mol. The molecule has 0 bridgehead atoms. The minimum Gasteiger partial charge on any atom is -0.345 e. The van der Waals surface area contributed by atoms with Gasteiger partial charge in [-0.05, 0) is 32.2 Å². The minimum atomic E-state index is 0.815. The number of aromatic amines is 1. The van der Waals surface area contributed by atoms with Crippen molar-refractivity contribution in [2.45, 2.75) is 32.7 Å². The molecule has 72 valence electrons. The van der Waals surface area contributed by atoms with E-state index in [1.54, 1.807) is 0 Å². The molecule has 1 atom stereocenters. The first kappa shape index (κ1) is 8.75. The third-order valence-corrected chi connectivity index (χ3v) is 2.68. The normalized spacial score (nSPS) is 21.5. The van der Waals surface area contributed by atoms with Gasteiger partial charge in [0, 0.05) is 5.69 Å². The highest BCUT2D eigenvalue weighted by molar-refractivity contribution is 5.18. The number of aryl methyl sites for hydroxylation is 1. The Balaban J connectivity index is 2.18. The van der Waals surface area contributed by atoms with Gasteiger partial charge in [0.1, 0.15) is 5.82 Å². The zero-order valence-corrected chi connectivity index (χ0v) is 8.35. The van der Waals surface area contributed by atoms with Crippen LogP contribution in [0.25, 0.3) is 0 Å². The summed E-state index contributed by atoms with van der Waals surface area (Å²) in [7, 11) is 1.95. The third-order valence-electron chi connectivity index (χ3n) is 2.68. The Morgan fingerprint density at radius 2 is 2.46 bits per heavy atom. The van der Waals surface area contributed by atoms with E-state index < -0.39 is 0 Å². The fraction of sp³-hybridized carbons (Fsp3) is 0.700. The van der Waals surface area contributed by atoms with E-state index in [0.29, 0.717) is 0 Å². The van der Waals surface area contributed by atoms with Crippen molar-refractivity contribution in [3.63, 3.8) is 0 Å². The average Bonchev–Trinajstić information content (AvgIpc) is 2.46. The smallest absolute Gasteiger partial charge is 0.120 e. The molecule has 0 saturated carbocycles. The lowest BCUT2D eigenvalue weighted by Gasteiger charge is -2.15. The number of fused-ring (bicyclic) bond motifs is 1. The zero-order chi connectivity index (χ0) is 9.26. The second kappa shape index (κ2) is 3.50. The number of hydrogen-bond acceptors (Lipinski definition) is 2. The maximum atomic E-state index is 4.56. The molecule has 0 amide bonds. The molecule has 3 heteroatoms. The molecule has 0 fully saturated rings. The Hall–Kier alpha value is -0.830. The van der Waals surface area contributed by atoms with E-state index >= 15 is 0 Å². The van der Waals surface area contributed by atoms with Gasteiger partial charge in [-0.2, -0.15) is 0 Å². The van der Waals surface area contributed by atoms with Crippen molar-refractivity contribution in [2.24, 2.45) is 5.92 Å². The molecule has 1 aromatic heterocycles. The van der Waals surface area contributed by atoms with Gasteiger partial charge >= 0.3 is 0 Å². The summed E-state index contributed by atoms with van der Waals surface area (Å²) >= 11 is 0. The van der Waals surface area contributed by atoms with Gasteiger partial charge in [-0.1, -0.05) is 6.92 Å². The maximum Gasteiger partial charge on any atom is 0.120 e. The van der Waals surface area contributed by atoms with E-state index in [0.717, 1.165) is 24.7 Å². The molecule has 2 rings (SSSR count). The topological polar surface area (TPSA) is 40.7 Å². The van der Waals surface area contributed by atoms with Crippen LogP contribution < -0.4 is 5.32 Å². The Morgan fingerprint density at radius 1 is 1.62 bits per heavy atom. The molecule has 13 heavy (non-hydrogen) atoms. The first-order chi connectivity index (χ1) is 6.29. The third kappa shape index (κ3) is 1.75. The van der Waals surface area contributed by atoms with Crippen LogP contribution in [0.2, 0.25) is 0 Å². The SMILES string of the molecule is CNCc1nc2c([nH]1)CC(C)CC2. The summed E-state index contributed by atoms with van der Waals surface area (Å²) in [5, 5.41) is 3.11. The van der Waals surface area contributed by atoms with Crippen LogP contribution in [-0.2, 0) is 19.4 Å². The van der Waals surface area contributed by atoms with Crippen molar-refractivity contribution in [1.29, 1.82) is 0 Å². The highest BCUT2D eigenvalue weighted by Crippen LogP contribution is 2.23. The Kier molecular flexibility index (Phi) is 2.36. The van der Waals surface area contributed by atoms with Crippen LogP contribution in [0.5, 0.6) is 0 Å². The lowest BCUT2D eigenvalue weighted by atomic mass is 9.92. The molecular formula is C10H17N3. The number of H-pyrrole nitrogens is 1. The van der Waals surface area contributed by atoms with Crippen molar-refractivity contribution in [1.82, 2.24) is 15.3 Å². The summed E-state index contributed by atoms with van der Waals surface area (Å²) in [6.07, 6.45) is 3.61. The van der Waals surface area contributed by atoms with Crippen molar-refractivity contribution in [3.05, 3.63) is 17.2 Å². The largest absolute Gasteiger partial charge is 0.345 e. The summed E-state index contributed by atoms with van der Waals surface area (Å²) in [6, 6.07) is 0. The quantitative estimate of drug-likeness (QED) is 0.717. The van der Waals surface area contributed by atoms with E-state index in [2.05, 4.69) is 22.2 Å². The minimum absolute atomic E-state index is 0.815. The second-order valence-electron chi connectivity index (χ2n) is 3.99. The summed E-state index contributed by atoms with van der Waals surface area (Å²) in [6.45, 7) is 3.16. The van der Waals surface area contributed by atoms with E-state index in [-0.39, 0.29) is 0 Å². The van der Waals surface area contributed by atoms with Crippen molar-refractivity contribution < 1.29 is 0 Å². The van der Waals surface area contributed by atoms with E-state index in [9.17, 15) is 0 Å². The van der Waals surface area contributed by atoms with Crippen molar-refractivity contribution in [2.75, 3.05) is 7.05 Å². The summed E-state index contributed by atoms with van der Waals surface area (Å²) in [5.74, 6) is 1.90. The summed E-state index contributed by atoms with van der Waals surface area (Å²) < 4.78 is 0. The summed E-state index contributed by atoms with van der Waals surface area (Å²) in [5.41, 5.74) is 2.66. The summed E-state index contributed by atoms with van der Waals surface area (Å²) in [4.78, 5) is 7.95. The maximum absolute atomic E-state index is 4.56. The van der Waals surface area contributed by atoms with Gasteiger partial charge in [-0.15, -0.1) is 0 Å². The van der Waals surface area contributed by atoms with E-state index in [1.807, 2.05) is 7.05 Å². The molecule has 3 nitrogen and oxygen atoms in total. The molecule has 2 N–H and O–H groups in total. The molecule has 1 aliphatic carbocycles. The van der Waals surface area contributed by atoms with Crippen LogP contribution >= 0.6 is 0 Å². The highest BCUT2D eigenvalue weighted by atomic mass is 15.0. The number of rotatable bonds is 2. The lowest BCUT2D eigenvalue weighted by Crippen LogP contribution is -2.10. The first-order valence-electron chi connectivity index (χ1n) is 5.01. The molecule has 1 heterocycles. The molecule has 0 saturated heterocycles. The lowest BCUT2D eigenvalue weighted by molar-refractivity contribution is 0.492. The fourth-order valence-corrected chi connectivity index (χ4v) is 1.97. The van der Waals surface area contributed by atoms with Gasteiger partial charge in [-0.25, -0.2) is 4.98 Å². The van der Waals surface area contributed by atoms with Gasteiger partial charge in [0.15, 0.2) is 0 Å². The molecule has 0 spiro atoms. The van der Waals surface area contributed by atoms with Crippen molar-refractivity contribution >= 4 is 0 Å². The molecule has 1 unspecified atom stereocenters. The van der Waals surface area contributed by atoms with Crippen LogP contribution in [0.15, 0.2) is 0 Å². The van der Waals surface area contributed by atoms with Gasteiger partial charge < -0.3 is 10.3 Å². The molecule has 1 aromatic rings. The molecule has 0 aliphatic heterocycles. The Labute approximate surface area is 79.0 Å². The molecule has 0 radical (unpaired) electrons. The van der Waals surface area contributed by atoms with Gasteiger partial charge in [-0.3, -0.25) is 0 Å². The predicted octanol–water partition coefficient (Wildman–Crippen LogP) is 1.25. The van der Waals surface area contributed by atoms with Gasteiger partial charge in [0.05, 0.1) is 12.2 Å². The van der Waals surface area contributed by atoms with Crippen LogP contribution in [0.3, 0.4) is 0 Å². The Bertz CT molecular complexity index is 290. The van der Waals surface area contributed by atoms with Gasteiger partial charge in [0.2, 0.25) is 0 Å². The first-order valence-corrected chi connectivity index (χ1v) is 5.01. The van der Waals surface area contributed by atoms with E-state index in [4.69, 9.17) is 0 Å². The van der Waals surface area contributed by atoms with Crippen LogP contribution in [0.1, 0.15) is 30.6 Å². The number of hydrogen-bond donors (Lipinski definition) is 2. The highest BCUT2D eigenvalue weighted by Gasteiger charge is 2.18.